The van der Waals surface area contributed by atoms with Crippen molar-refractivity contribution in [3.05, 3.63) is 30.1 Å². The van der Waals surface area contributed by atoms with Crippen LogP contribution in [0, 0.1) is 5.92 Å². The zero-order valence-electron chi connectivity index (χ0n) is 7.81. The van der Waals surface area contributed by atoms with Crippen molar-refractivity contribution in [2.45, 2.75) is 19.0 Å². The van der Waals surface area contributed by atoms with Gasteiger partial charge >= 0.3 is 0 Å². The summed E-state index contributed by atoms with van der Waals surface area (Å²) in [5, 5.41) is 2.84. The number of nitrogens with zero attached hydrogens (tertiary/aromatic N) is 1. The highest BCUT2D eigenvalue weighted by Crippen LogP contribution is 2.27. The molecule has 1 amide bonds. The molecular weight excluding hydrogens is 178 g/mol. The predicted octanol–water partition coefficient (Wildman–Crippen LogP) is 0.0450. The van der Waals surface area contributed by atoms with Crippen LogP contribution >= 0.6 is 0 Å². The average molecular weight is 191 g/mol. The fourth-order valence-corrected chi connectivity index (χ4v) is 1.34. The largest absolute Gasteiger partial charge is 0.352 e. The number of pyridine rings is 1. The van der Waals surface area contributed by atoms with Gasteiger partial charge in [0.25, 0.3) is 0 Å². The Morgan fingerprint density at radius 1 is 1.57 bits per heavy atom. The summed E-state index contributed by atoms with van der Waals surface area (Å²) in [6.07, 6.45) is 4.25. The van der Waals surface area contributed by atoms with E-state index in [0.29, 0.717) is 6.54 Å². The molecule has 0 aliphatic heterocycles. The number of hydrogen-bond acceptors (Lipinski definition) is 3. The van der Waals surface area contributed by atoms with Crippen molar-refractivity contribution in [3.8, 4) is 0 Å². The number of hydrogen-bond donors (Lipinski definition) is 2. The van der Waals surface area contributed by atoms with Gasteiger partial charge in [0, 0.05) is 25.0 Å². The zero-order chi connectivity index (χ0) is 9.97. The first-order valence-electron chi connectivity index (χ1n) is 4.69. The molecule has 74 valence electrons. The van der Waals surface area contributed by atoms with Gasteiger partial charge in [-0.25, -0.2) is 0 Å². The second-order valence-corrected chi connectivity index (χ2v) is 3.58. The maximum absolute atomic E-state index is 11.4. The number of nitrogens with two attached hydrogens (primary N) is 1. The van der Waals surface area contributed by atoms with Crippen LogP contribution in [-0.4, -0.2) is 16.9 Å². The number of rotatable bonds is 3. The third kappa shape index (κ3) is 2.09. The molecule has 0 radical (unpaired) electrons. The Bertz CT molecular complexity index is 325. The summed E-state index contributed by atoms with van der Waals surface area (Å²) in [4.78, 5) is 15.3. The van der Waals surface area contributed by atoms with E-state index in [9.17, 15) is 4.79 Å². The van der Waals surface area contributed by atoms with E-state index in [1.165, 1.54) is 0 Å². The minimum Gasteiger partial charge on any atom is -0.352 e. The molecule has 0 saturated heterocycles. The Morgan fingerprint density at radius 3 is 2.79 bits per heavy atom. The number of nitrogens with one attached hydrogen (secondary N) is 1. The first-order chi connectivity index (χ1) is 6.77. The predicted molar refractivity (Wildman–Crippen MR) is 52.2 cm³/mol. The summed E-state index contributed by atoms with van der Waals surface area (Å²) < 4.78 is 0. The van der Waals surface area contributed by atoms with Crippen molar-refractivity contribution in [2.75, 3.05) is 0 Å². The summed E-state index contributed by atoms with van der Waals surface area (Å²) in [5.41, 5.74) is 6.62. The van der Waals surface area contributed by atoms with Gasteiger partial charge in [-0.05, 0) is 24.1 Å². The maximum atomic E-state index is 11.4. The Labute approximate surface area is 82.5 Å². The molecule has 3 N–H and O–H groups in total. The van der Waals surface area contributed by atoms with Crippen molar-refractivity contribution in [1.82, 2.24) is 10.3 Å². The molecule has 1 saturated carbocycles. The van der Waals surface area contributed by atoms with E-state index in [1.54, 1.807) is 12.4 Å². The van der Waals surface area contributed by atoms with E-state index in [1.807, 2.05) is 12.1 Å². The first kappa shape index (κ1) is 9.15. The third-order valence-corrected chi connectivity index (χ3v) is 2.39. The first-order valence-corrected chi connectivity index (χ1v) is 4.69. The van der Waals surface area contributed by atoms with Crippen molar-refractivity contribution in [2.24, 2.45) is 11.7 Å². The van der Waals surface area contributed by atoms with E-state index in [-0.39, 0.29) is 17.9 Å². The summed E-state index contributed by atoms with van der Waals surface area (Å²) >= 11 is 0. The molecule has 2 atom stereocenters. The van der Waals surface area contributed by atoms with Crippen LogP contribution in [0.1, 0.15) is 12.0 Å². The molecule has 1 fully saturated rings. The molecule has 1 aliphatic rings. The molecule has 4 nitrogen and oxygen atoms in total. The van der Waals surface area contributed by atoms with Gasteiger partial charge in [0.1, 0.15) is 0 Å². The Balaban J connectivity index is 1.80. The number of aromatic nitrogens is 1. The van der Waals surface area contributed by atoms with Gasteiger partial charge in [0.15, 0.2) is 0 Å². The summed E-state index contributed by atoms with van der Waals surface area (Å²) in [6.45, 7) is 0.560. The van der Waals surface area contributed by atoms with E-state index < -0.39 is 0 Å². The quantitative estimate of drug-likeness (QED) is 0.709. The zero-order valence-corrected chi connectivity index (χ0v) is 7.81. The van der Waals surface area contributed by atoms with Crippen LogP contribution in [0.25, 0.3) is 0 Å². The number of amides is 1. The van der Waals surface area contributed by atoms with Gasteiger partial charge in [-0.2, -0.15) is 0 Å². The van der Waals surface area contributed by atoms with Crippen LogP contribution < -0.4 is 11.1 Å². The monoisotopic (exact) mass is 191 g/mol. The summed E-state index contributed by atoms with van der Waals surface area (Å²) in [5.74, 6) is 0.103. The Kier molecular flexibility index (Phi) is 2.45. The normalized spacial score (nSPS) is 24.4. The molecule has 0 spiro atoms. The minimum atomic E-state index is 0.0387. The van der Waals surface area contributed by atoms with Crippen molar-refractivity contribution in [1.29, 1.82) is 0 Å². The molecule has 2 rings (SSSR count). The highest BCUT2D eigenvalue weighted by atomic mass is 16.2. The molecular formula is C10H13N3O. The summed E-state index contributed by atoms with van der Waals surface area (Å²) in [6, 6.07) is 3.84. The Hall–Kier alpha value is -1.42. The average Bonchev–Trinajstić information content (AvgIpc) is 2.94. The van der Waals surface area contributed by atoms with E-state index in [0.717, 1.165) is 12.0 Å². The number of carbonyl (C=O) groups excluding carboxylic acids is 1. The van der Waals surface area contributed by atoms with Gasteiger partial charge in [-0.15, -0.1) is 0 Å². The minimum absolute atomic E-state index is 0.0387. The highest BCUT2D eigenvalue weighted by molar-refractivity contribution is 5.82. The molecule has 0 bridgehead atoms. The molecule has 4 heteroatoms. The third-order valence-electron chi connectivity index (χ3n) is 2.39. The van der Waals surface area contributed by atoms with Gasteiger partial charge in [-0.3, -0.25) is 9.78 Å². The molecule has 1 aliphatic carbocycles. The van der Waals surface area contributed by atoms with Crippen molar-refractivity contribution >= 4 is 5.91 Å². The van der Waals surface area contributed by atoms with Gasteiger partial charge in [0.05, 0.1) is 5.92 Å². The number of carbonyl (C=O) groups is 1. The van der Waals surface area contributed by atoms with Crippen molar-refractivity contribution < 1.29 is 4.79 Å². The fourth-order valence-electron chi connectivity index (χ4n) is 1.34. The lowest BCUT2D eigenvalue weighted by molar-refractivity contribution is -0.122. The lowest BCUT2D eigenvalue weighted by Gasteiger charge is -2.03. The molecule has 0 aromatic carbocycles. The highest BCUT2D eigenvalue weighted by Gasteiger charge is 2.39. The second-order valence-electron chi connectivity index (χ2n) is 3.58. The maximum Gasteiger partial charge on any atom is 0.225 e. The van der Waals surface area contributed by atoms with Crippen LogP contribution in [0.15, 0.2) is 24.5 Å². The SMILES string of the molecule is NC1CC1C(=O)NCc1ccncc1. The van der Waals surface area contributed by atoms with E-state index >= 15 is 0 Å². The lowest BCUT2D eigenvalue weighted by Crippen LogP contribution is -2.26. The summed E-state index contributed by atoms with van der Waals surface area (Å²) in [7, 11) is 0. The van der Waals surface area contributed by atoms with Gasteiger partial charge < -0.3 is 11.1 Å². The van der Waals surface area contributed by atoms with Gasteiger partial charge in [-0.1, -0.05) is 0 Å². The van der Waals surface area contributed by atoms with Crippen LogP contribution in [0.3, 0.4) is 0 Å². The van der Waals surface area contributed by atoms with Crippen molar-refractivity contribution in [3.63, 3.8) is 0 Å². The molecule has 14 heavy (non-hydrogen) atoms. The van der Waals surface area contributed by atoms with E-state index in [4.69, 9.17) is 5.73 Å². The van der Waals surface area contributed by atoms with Crippen LogP contribution in [0.4, 0.5) is 0 Å². The smallest absolute Gasteiger partial charge is 0.225 e. The second kappa shape index (κ2) is 3.75. The standard InChI is InChI=1S/C10H13N3O/c11-9-5-8(9)10(14)13-6-7-1-3-12-4-2-7/h1-4,8-9H,5-6,11H2,(H,13,14). The molecule has 2 unspecified atom stereocenters. The van der Waals surface area contributed by atoms with Crippen LogP contribution in [0.5, 0.6) is 0 Å². The fraction of sp³-hybridized carbons (Fsp3) is 0.400. The lowest BCUT2D eigenvalue weighted by atomic mass is 10.2. The topological polar surface area (TPSA) is 68.0 Å². The molecule has 1 heterocycles. The molecule has 1 aromatic rings. The van der Waals surface area contributed by atoms with E-state index in [2.05, 4.69) is 10.3 Å². The van der Waals surface area contributed by atoms with Crippen LogP contribution in [-0.2, 0) is 11.3 Å². The molecule has 1 aromatic heterocycles. The Morgan fingerprint density at radius 2 is 2.21 bits per heavy atom. The van der Waals surface area contributed by atoms with Gasteiger partial charge in [0.2, 0.25) is 5.91 Å². The van der Waals surface area contributed by atoms with Crippen LogP contribution in [0.2, 0.25) is 0 Å².